The number of benzene rings is 1. The number of aromatic hydroxyl groups is 1. The van der Waals surface area contributed by atoms with Crippen molar-refractivity contribution in [2.24, 2.45) is 5.73 Å². The van der Waals surface area contributed by atoms with E-state index in [1.54, 1.807) is 0 Å². The molecule has 0 atom stereocenters. The number of nitrogens with two attached hydrogens (primary N) is 1. The largest absolute Gasteiger partial charge is 0.506 e. The molecular weight excluding hydrogens is 201 g/mol. The first-order valence-corrected chi connectivity index (χ1v) is 3.76. The summed E-state index contributed by atoms with van der Waals surface area (Å²) in [6.07, 6.45) is 0. The topological polar surface area (TPSA) is 63.3 Å². The van der Waals surface area contributed by atoms with Crippen LogP contribution in [0.2, 0.25) is 10.0 Å². The lowest BCUT2D eigenvalue weighted by Crippen LogP contribution is -2.10. The quantitative estimate of drug-likeness (QED) is 0.735. The van der Waals surface area contributed by atoms with E-state index in [1.165, 1.54) is 6.07 Å². The van der Waals surface area contributed by atoms with Gasteiger partial charge in [0.2, 0.25) is 5.91 Å². The molecule has 3 N–H and O–H groups in total. The molecule has 0 spiro atoms. The lowest BCUT2D eigenvalue weighted by atomic mass is 10.2. The van der Waals surface area contributed by atoms with E-state index in [9.17, 15) is 4.79 Å². The summed E-state index contributed by atoms with van der Waals surface area (Å²) in [5, 5.41) is 9.22. The maximum absolute atomic E-state index is 10.6. The van der Waals surface area contributed by atoms with E-state index >= 15 is 0 Å². The van der Waals surface area contributed by atoms with Gasteiger partial charge in [0.25, 0.3) is 0 Å². The Balaban J connectivity index is 3.31. The van der Waals surface area contributed by atoms with Crippen LogP contribution in [0.3, 0.4) is 0 Å². The van der Waals surface area contributed by atoms with Crippen molar-refractivity contribution in [3.05, 3.63) is 27.7 Å². The number of primary amides is 1. The standard InChI is InChI=1S/C7H5Cl2NO2/c8-4-1-3(7(10)12)2-5(11)6(4)9/h1-2,11H,(H2,10,12). The van der Waals surface area contributed by atoms with Gasteiger partial charge in [-0.3, -0.25) is 4.79 Å². The van der Waals surface area contributed by atoms with Crippen molar-refractivity contribution in [2.75, 3.05) is 0 Å². The summed E-state index contributed by atoms with van der Waals surface area (Å²) >= 11 is 11.1. The summed E-state index contributed by atoms with van der Waals surface area (Å²) in [5.74, 6) is -0.915. The summed E-state index contributed by atoms with van der Waals surface area (Å²) in [6.45, 7) is 0. The number of hydrogen-bond donors (Lipinski definition) is 2. The minimum absolute atomic E-state index is 0.0154. The first kappa shape index (κ1) is 9.16. The molecule has 0 saturated carbocycles. The molecule has 0 aliphatic carbocycles. The minimum Gasteiger partial charge on any atom is -0.506 e. The lowest BCUT2D eigenvalue weighted by molar-refractivity contribution is 0.1000. The molecule has 1 amide bonds. The average Bonchev–Trinajstić information content (AvgIpc) is 1.99. The van der Waals surface area contributed by atoms with E-state index < -0.39 is 5.91 Å². The van der Waals surface area contributed by atoms with Crippen molar-refractivity contribution in [3.8, 4) is 5.75 Å². The normalized spacial score (nSPS) is 9.83. The van der Waals surface area contributed by atoms with E-state index in [-0.39, 0.29) is 21.4 Å². The number of rotatable bonds is 1. The highest BCUT2D eigenvalue weighted by atomic mass is 35.5. The van der Waals surface area contributed by atoms with Crippen molar-refractivity contribution in [2.45, 2.75) is 0 Å². The van der Waals surface area contributed by atoms with Crippen LogP contribution in [0.1, 0.15) is 10.4 Å². The van der Waals surface area contributed by atoms with Gasteiger partial charge in [0.15, 0.2) is 0 Å². The second-order valence-corrected chi connectivity index (χ2v) is 2.94. The predicted molar refractivity (Wildman–Crippen MR) is 46.6 cm³/mol. The second-order valence-electron chi connectivity index (χ2n) is 2.16. The van der Waals surface area contributed by atoms with E-state index in [0.29, 0.717) is 0 Å². The van der Waals surface area contributed by atoms with Crippen LogP contribution < -0.4 is 5.73 Å². The molecule has 64 valence electrons. The van der Waals surface area contributed by atoms with Gasteiger partial charge in [-0.25, -0.2) is 0 Å². The van der Waals surface area contributed by atoms with E-state index in [1.807, 2.05) is 0 Å². The molecule has 0 aliphatic heterocycles. The van der Waals surface area contributed by atoms with Crippen molar-refractivity contribution >= 4 is 29.1 Å². The van der Waals surface area contributed by atoms with Crippen molar-refractivity contribution in [3.63, 3.8) is 0 Å². The first-order chi connectivity index (χ1) is 5.52. The zero-order valence-electron chi connectivity index (χ0n) is 5.84. The van der Waals surface area contributed by atoms with Crippen LogP contribution in [0.25, 0.3) is 0 Å². The molecule has 0 heterocycles. The van der Waals surface area contributed by atoms with Gasteiger partial charge in [-0.1, -0.05) is 23.2 Å². The highest BCUT2D eigenvalue weighted by Gasteiger charge is 2.09. The fraction of sp³-hybridized carbons (Fsp3) is 0. The summed E-state index contributed by atoms with van der Waals surface area (Å²) in [7, 11) is 0. The number of amides is 1. The number of carbonyl (C=O) groups excluding carboxylic acids is 1. The van der Waals surface area contributed by atoms with Crippen molar-refractivity contribution in [1.29, 1.82) is 0 Å². The second kappa shape index (κ2) is 3.21. The number of halogens is 2. The third-order valence-corrected chi connectivity index (χ3v) is 2.09. The van der Waals surface area contributed by atoms with Crippen LogP contribution in [-0.2, 0) is 0 Å². The Morgan fingerprint density at radius 3 is 2.42 bits per heavy atom. The predicted octanol–water partition coefficient (Wildman–Crippen LogP) is 1.80. The molecular formula is C7H5Cl2NO2. The Kier molecular flexibility index (Phi) is 2.45. The third-order valence-electron chi connectivity index (χ3n) is 1.29. The molecule has 12 heavy (non-hydrogen) atoms. The van der Waals surface area contributed by atoms with Crippen LogP contribution in [0.4, 0.5) is 0 Å². The zero-order chi connectivity index (χ0) is 9.30. The number of carbonyl (C=O) groups is 1. The van der Waals surface area contributed by atoms with Gasteiger partial charge in [-0.05, 0) is 12.1 Å². The highest BCUT2D eigenvalue weighted by molar-refractivity contribution is 6.43. The van der Waals surface area contributed by atoms with Gasteiger partial charge < -0.3 is 10.8 Å². The molecule has 5 heteroatoms. The Morgan fingerprint density at radius 2 is 2.00 bits per heavy atom. The van der Waals surface area contributed by atoms with E-state index in [4.69, 9.17) is 34.0 Å². The van der Waals surface area contributed by atoms with Crippen molar-refractivity contribution in [1.82, 2.24) is 0 Å². The highest BCUT2D eigenvalue weighted by Crippen LogP contribution is 2.31. The zero-order valence-corrected chi connectivity index (χ0v) is 7.36. The lowest BCUT2D eigenvalue weighted by Gasteiger charge is -2.01. The number of hydrogen-bond acceptors (Lipinski definition) is 2. The number of phenols is 1. The third kappa shape index (κ3) is 1.62. The smallest absolute Gasteiger partial charge is 0.248 e. The fourth-order valence-electron chi connectivity index (χ4n) is 0.717. The molecule has 0 aliphatic rings. The van der Waals surface area contributed by atoms with Gasteiger partial charge in [0.05, 0.1) is 5.02 Å². The van der Waals surface area contributed by atoms with Gasteiger partial charge in [-0.2, -0.15) is 0 Å². The van der Waals surface area contributed by atoms with E-state index in [0.717, 1.165) is 6.07 Å². The van der Waals surface area contributed by atoms with Gasteiger partial charge >= 0.3 is 0 Å². The van der Waals surface area contributed by atoms with Crippen LogP contribution in [-0.4, -0.2) is 11.0 Å². The van der Waals surface area contributed by atoms with Gasteiger partial charge in [-0.15, -0.1) is 0 Å². The molecule has 1 aromatic rings. The molecule has 3 nitrogen and oxygen atoms in total. The van der Waals surface area contributed by atoms with E-state index in [2.05, 4.69) is 0 Å². The molecule has 0 bridgehead atoms. The summed E-state index contributed by atoms with van der Waals surface area (Å²) in [6, 6.07) is 2.46. The average molecular weight is 206 g/mol. The Labute approximate surface area is 78.7 Å². The van der Waals surface area contributed by atoms with Crippen LogP contribution >= 0.6 is 23.2 Å². The summed E-state index contributed by atoms with van der Waals surface area (Å²) < 4.78 is 0. The number of phenolic OH excluding ortho intramolecular Hbond substituents is 1. The van der Waals surface area contributed by atoms with Crippen LogP contribution in [0, 0.1) is 0 Å². The van der Waals surface area contributed by atoms with Crippen LogP contribution in [0.5, 0.6) is 5.75 Å². The molecule has 0 unspecified atom stereocenters. The molecule has 0 aromatic heterocycles. The SMILES string of the molecule is NC(=O)c1cc(O)c(Cl)c(Cl)c1. The van der Waals surface area contributed by atoms with Gasteiger partial charge in [0.1, 0.15) is 10.8 Å². The Hall–Kier alpha value is -0.930. The Bertz CT molecular complexity index is 315. The monoisotopic (exact) mass is 205 g/mol. The molecule has 0 radical (unpaired) electrons. The maximum Gasteiger partial charge on any atom is 0.248 e. The first-order valence-electron chi connectivity index (χ1n) is 3.00. The summed E-state index contributed by atoms with van der Waals surface area (Å²) in [5.41, 5.74) is 5.08. The van der Waals surface area contributed by atoms with Crippen LogP contribution in [0.15, 0.2) is 12.1 Å². The molecule has 0 saturated heterocycles. The van der Waals surface area contributed by atoms with Crippen molar-refractivity contribution < 1.29 is 9.90 Å². The van der Waals surface area contributed by atoms with Gasteiger partial charge in [0, 0.05) is 5.56 Å². The molecule has 0 fully saturated rings. The summed E-state index contributed by atoms with van der Waals surface area (Å²) in [4.78, 5) is 10.6. The molecule has 1 aromatic carbocycles. The Morgan fingerprint density at radius 1 is 1.42 bits per heavy atom. The fourth-order valence-corrected chi connectivity index (χ4v) is 1.04. The minimum atomic E-state index is -0.663. The molecule has 1 rings (SSSR count). The maximum atomic E-state index is 10.6.